The molecule has 0 unspecified atom stereocenters. The topological polar surface area (TPSA) is 75.6 Å². The molecule has 1 aromatic carbocycles. The zero-order valence-corrected chi connectivity index (χ0v) is 12.9. The molecule has 23 heavy (non-hydrogen) atoms. The second kappa shape index (κ2) is 4.85. The van der Waals surface area contributed by atoms with E-state index in [2.05, 4.69) is 11.4 Å². The molecule has 5 nitrogen and oxygen atoms in total. The van der Waals surface area contributed by atoms with Crippen molar-refractivity contribution in [2.24, 2.45) is 29.1 Å². The van der Waals surface area contributed by atoms with E-state index < -0.39 is 17.8 Å². The van der Waals surface area contributed by atoms with Crippen LogP contribution in [0.3, 0.4) is 0 Å². The van der Waals surface area contributed by atoms with Crippen LogP contribution in [0.25, 0.3) is 0 Å². The van der Waals surface area contributed by atoms with Crippen LogP contribution in [0.5, 0.6) is 5.75 Å². The summed E-state index contributed by atoms with van der Waals surface area (Å²) in [6.45, 7) is 0. The fraction of sp³-hybridized carbons (Fsp3) is 0.444. The summed E-state index contributed by atoms with van der Waals surface area (Å²) >= 11 is 0. The molecule has 2 fully saturated rings. The van der Waals surface area contributed by atoms with Crippen molar-refractivity contribution >= 4 is 17.6 Å². The molecule has 2 N–H and O–H groups in total. The molecule has 1 aromatic rings. The lowest BCUT2D eigenvalue weighted by atomic mass is 9.82. The van der Waals surface area contributed by atoms with Crippen LogP contribution < -0.4 is 10.1 Å². The highest BCUT2D eigenvalue weighted by Crippen LogP contribution is 2.72. The number of aliphatic carboxylic acids is 1. The van der Waals surface area contributed by atoms with Gasteiger partial charge >= 0.3 is 5.97 Å². The fourth-order valence-electron chi connectivity index (χ4n) is 4.65. The first kappa shape index (κ1) is 14.3. The molecule has 1 spiro atoms. The Morgan fingerprint density at radius 2 is 1.83 bits per heavy atom. The molecule has 4 rings (SSSR count). The second-order valence-electron chi connectivity index (χ2n) is 6.75. The first-order valence-corrected chi connectivity index (χ1v) is 7.93. The third kappa shape index (κ3) is 1.92. The van der Waals surface area contributed by atoms with Crippen LogP contribution in [0.1, 0.15) is 12.8 Å². The normalized spacial score (nSPS) is 32.0. The molecule has 5 heteroatoms. The Hall–Kier alpha value is -2.30. The largest absolute Gasteiger partial charge is 0.495 e. The van der Waals surface area contributed by atoms with Crippen LogP contribution in [0.2, 0.25) is 0 Å². The average Bonchev–Trinajstić information content (AvgIpc) is 3.21. The number of nitrogens with one attached hydrogen (secondary N) is 1. The van der Waals surface area contributed by atoms with Crippen molar-refractivity contribution in [3.8, 4) is 5.75 Å². The summed E-state index contributed by atoms with van der Waals surface area (Å²) in [5.41, 5.74) is 0.618. The van der Waals surface area contributed by atoms with Gasteiger partial charge in [-0.1, -0.05) is 24.3 Å². The van der Waals surface area contributed by atoms with E-state index in [1.54, 1.807) is 19.2 Å². The van der Waals surface area contributed by atoms with Crippen molar-refractivity contribution in [1.82, 2.24) is 0 Å². The Morgan fingerprint density at radius 1 is 1.17 bits per heavy atom. The van der Waals surface area contributed by atoms with Crippen LogP contribution >= 0.6 is 0 Å². The number of anilines is 1. The van der Waals surface area contributed by atoms with Gasteiger partial charge in [-0.3, -0.25) is 9.59 Å². The molecule has 3 aliphatic rings. The Kier molecular flexibility index (Phi) is 3.01. The quantitative estimate of drug-likeness (QED) is 0.838. The number of carboxylic acids is 1. The van der Waals surface area contributed by atoms with E-state index >= 15 is 0 Å². The van der Waals surface area contributed by atoms with Crippen molar-refractivity contribution in [2.75, 3.05) is 12.4 Å². The minimum absolute atomic E-state index is 0.00146. The highest BCUT2D eigenvalue weighted by molar-refractivity contribution is 5.97. The Labute approximate surface area is 134 Å². The van der Waals surface area contributed by atoms with Crippen LogP contribution in [0.4, 0.5) is 5.69 Å². The molecule has 2 saturated carbocycles. The first-order chi connectivity index (χ1) is 11.1. The van der Waals surface area contributed by atoms with E-state index in [1.807, 2.05) is 18.2 Å². The number of benzene rings is 1. The van der Waals surface area contributed by atoms with Crippen molar-refractivity contribution in [1.29, 1.82) is 0 Å². The highest BCUT2D eigenvalue weighted by atomic mass is 16.5. The third-order valence-electron chi connectivity index (χ3n) is 5.79. The van der Waals surface area contributed by atoms with Crippen LogP contribution in [-0.4, -0.2) is 24.1 Å². The Balaban J connectivity index is 1.63. The SMILES string of the molecule is COc1ccccc1NC(=O)[C@H]1[C@@H](C(=O)O)[C@@H]2C=C[C@H]1C21CC1. The van der Waals surface area contributed by atoms with Gasteiger partial charge in [-0.25, -0.2) is 0 Å². The number of methoxy groups -OCH3 is 1. The second-order valence-corrected chi connectivity index (χ2v) is 6.75. The van der Waals surface area contributed by atoms with Gasteiger partial charge in [0.2, 0.25) is 5.91 Å². The van der Waals surface area contributed by atoms with Gasteiger partial charge < -0.3 is 15.2 Å². The molecular weight excluding hydrogens is 294 g/mol. The van der Waals surface area contributed by atoms with E-state index in [4.69, 9.17) is 4.74 Å². The Bertz CT molecular complexity index is 707. The average molecular weight is 313 g/mol. The monoisotopic (exact) mass is 313 g/mol. The third-order valence-corrected chi connectivity index (χ3v) is 5.79. The van der Waals surface area contributed by atoms with Crippen molar-refractivity contribution in [3.05, 3.63) is 36.4 Å². The van der Waals surface area contributed by atoms with Gasteiger partial charge in [0, 0.05) is 0 Å². The zero-order chi connectivity index (χ0) is 16.2. The first-order valence-electron chi connectivity index (χ1n) is 7.93. The predicted octanol–water partition coefficient (Wildman–Crippen LogP) is 2.55. The molecule has 4 atom stereocenters. The lowest BCUT2D eigenvalue weighted by Crippen LogP contribution is -2.36. The standard InChI is InChI=1S/C18H19NO4/c1-23-13-5-3-2-4-12(13)19-16(20)14-10-6-7-11(15(14)17(21)22)18(10)8-9-18/h2-7,10-11,14-15H,8-9H2,1H3,(H,19,20)(H,21,22)/t10-,11+,14-,15+/m1/s1. The summed E-state index contributed by atoms with van der Waals surface area (Å²) in [6, 6.07) is 7.18. The number of carboxylic acid groups (broad SMARTS) is 1. The summed E-state index contributed by atoms with van der Waals surface area (Å²) in [7, 11) is 1.55. The van der Waals surface area contributed by atoms with E-state index in [-0.39, 0.29) is 23.2 Å². The highest BCUT2D eigenvalue weighted by Gasteiger charge is 2.70. The Morgan fingerprint density at radius 3 is 2.43 bits per heavy atom. The van der Waals surface area contributed by atoms with Gasteiger partial charge in [0.15, 0.2) is 0 Å². The minimum Gasteiger partial charge on any atom is -0.495 e. The maximum absolute atomic E-state index is 12.8. The number of rotatable bonds is 4. The number of hydrogen-bond acceptors (Lipinski definition) is 3. The number of hydrogen-bond donors (Lipinski definition) is 2. The van der Waals surface area contributed by atoms with Crippen molar-refractivity contribution in [3.63, 3.8) is 0 Å². The number of allylic oxidation sites excluding steroid dienone is 2. The van der Waals surface area contributed by atoms with Gasteiger partial charge in [-0.05, 0) is 42.2 Å². The summed E-state index contributed by atoms with van der Waals surface area (Å²) < 4.78 is 5.25. The molecule has 0 aromatic heterocycles. The number of carbonyl (C=O) groups excluding carboxylic acids is 1. The van der Waals surface area contributed by atoms with Gasteiger partial charge in [-0.15, -0.1) is 0 Å². The van der Waals surface area contributed by atoms with E-state index in [9.17, 15) is 14.7 Å². The molecule has 0 heterocycles. The minimum atomic E-state index is -0.867. The fourth-order valence-corrected chi connectivity index (χ4v) is 4.65. The predicted molar refractivity (Wildman–Crippen MR) is 84.0 cm³/mol. The molecule has 2 bridgehead atoms. The summed E-state index contributed by atoms with van der Waals surface area (Å²) in [6.07, 6.45) is 6.13. The summed E-state index contributed by atoms with van der Waals surface area (Å²) in [4.78, 5) is 24.6. The van der Waals surface area contributed by atoms with Gasteiger partial charge in [0.05, 0.1) is 24.6 Å². The molecule has 120 valence electrons. The van der Waals surface area contributed by atoms with E-state index in [0.29, 0.717) is 11.4 Å². The molecule has 0 radical (unpaired) electrons. The van der Waals surface area contributed by atoms with Gasteiger partial charge in [0.1, 0.15) is 5.75 Å². The van der Waals surface area contributed by atoms with Gasteiger partial charge in [0.25, 0.3) is 0 Å². The zero-order valence-electron chi connectivity index (χ0n) is 12.9. The van der Waals surface area contributed by atoms with Crippen molar-refractivity contribution < 1.29 is 19.4 Å². The van der Waals surface area contributed by atoms with Crippen molar-refractivity contribution in [2.45, 2.75) is 12.8 Å². The van der Waals surface area contributed by atoms with Crippen LogP contribution in [0.15, 0.2) is 36.4 Å². The lowest BCUT2D eigenvalue weighted by molar-refractivity contribution is -0.146. The molecule has 1 amide bonds. The lowest BCUT2D eigenvalue weighted by Gasteiger charge is -2.24. The number of ether oxygens (including phenoxy) is 1. The van der Waals surface area contributed by atoms with Crippen LogP contribution in [0, 0.1) is 29.1 Å². The number of carbonyl (C=O) groups is 2. The molecule has 0 saturated heterocycles. The molecule has 3 aliphatic carbocycles. The van der Waals surface area contributed by atoms with Gasteiger partial charge in [-0.2, -0.15) is 0 Å². The van der Waals surface area contributed by atoms with E-state index in [0.717, 1.165) is 12.8 Å². The summed E-state index contributed by atoms with van der Waals surface area (Å²) in [5, 5.41) is 12.5. The smallest absolute Gasteiger partial charge is 0.307 e. The number of para-hydroxylation sites is 2. The molecule has 0 aliphatic heterocycles. The number of amides is 1. The maximum atomic E-state index is 12.8. The van der Waals surface area contributed by atoms with Crippen LogP contribution in [-0.2, 0) is 9.59 Å². The molecular formula is C18H19NO4. The maximum Gasteiger partial charge on any atom is 0.307 e. The van der Waals surface area contributed by atoms with E-state index in [1.165, 1.54) is 0 Å². The summed E-state index contributed by atoms with van der Waals surface area (Å²) in [5.74, 6) is -1.59.